The van der Waals surface area contributed by atoms with E-state index in [4.69, 9.17) is 15.3 Å². The summed E-state index contributed by atoms with van der Waals surface area (Å²) in [4.78, 5) is 33.5. The van der Waals surface area contributed by atoms with Gasteiger partial charge in [-0.2, -0.15) is 0 Å². The van der Waals surface area contributed by atoms with Gasteiger partial charge in [0.05, 0.1) is 6.61 Å². The molecule has 0 aromatic carbocycles. The number of aliphatic carboxylic acids is 2. The largest absolute Gasteiger partial charge is 0.481 e. The van der Waals surface area contributed by atoms with E-state index in [0.717, 1.165) is 6.92 Å². The molecule has 0 aliphatic carbocycles. The predicted molar refractivity (Wildman–Crippen MR) is 69.3 cm³/mol. The Balaban J connectivity index is 4.92. The summed E-state index contributed by atoms with van der Waals surface area (Å²) >= 11 is 0. The predicted octanol–water partition coefficient (Wildman–Crippen LogP) is -1.98. The van der Waals surface area contributed by atoms with Crippen molar-refractivity contribution in [1.82, 2.24) is 5.32 Å². The van der Waals surface area contributed by atoms with Crippen LogP contribution in [0.1, 0.15) is 20.8 Å². The summed E-state index contributed by atoms with van der Waals surface area (Å²) in [5, 5.41) is 48.2. The SMILES string of the molecule is CC(O)(C(=O)O)C(CNC(=O)[C@H](O)C(C)(C)CO)C(=O)O. The van der Waals surface area contributed by atoms with E-state index in [9.17, 15) is 24.6 Å². The van der Waals surface area contributed by atoms with Crippen molar-refractivity contribution in [2.45, 2.75) is 32.5 Å². The molecule has 0 radical (unpaired) electrons. The molecule has 0 aliphatic rings. The van der Waals surface area contributed by atoms with Gasteiger partial charge in [-0.25, -0.2) is 4.79 Å². The summed E-state index contributed by atoms with van der Waals surface area (Å²) in [6.45, 7) is 2.45. The minimum atomic E-state index is -2.59. The number of rotatable bonds is 8. The molecule has 0 bridgehead atoms. The maximum Gasteiger partial charge on any atom is 0.336 e. The second-order valence-electron chi connectivity index (χ2n) is 5.64. The zero-order valence-electron chi connectivity index (χ0n) is 12.0. The Morgan fingerprint density at radius 2 is 1.62 bits per heavy atom. The fourth-order valence-corrected chi connectivity index (χ4v) is 1.42. The fourth-order valence-electron chi connectivity index (χ4n) is 1.42. The average molecular weight is 307 g/mol. The molecular formula is C12H21NO8. The number of hydrogen-bond donors (Lipinski definition) is 6. The molecule has 6 N–H and O–H groups in total. The smallest absolute Gasteiger partial charge is 0.336 e. The third-order valence-corrected chi connectivity index (χ3v) is 3.29. The number of aliphatic hydroxyl groups is 3. The van der Waals surface area contributed by atoms with E-state index in [0.29, 0.717) is 0 Å². The van der Waals surface area contributed by atoms with Gasteiger partial charge in [0.2, 0.25) is 5.91 Å². The maximum absolute atomic E-state index is 11.7. The van der Waals surface area contributed by atoms with Crippen LogP contribution in [-0.4, -0.2) is 68.2 Å². The van der Waals surface area contributed by atoms with E-state index in [1.165, 1.54) is 13.8 Å². The minimum Gasteiger partial charge on any atom is -0.481 e. The van der Waals surface area contributed by atoms with Gasteiger partial charge in [0, 0.05) is 12.0 Å². The van der Waals surface area contributed by atoms with Crippen LogP contribution in [-0.2, 0) is 14.4 Å². The molecule has 0 aliphatic heterocycles. The lowest BCUT2D eigenvalue weighted by molar-refractivity contribution is -0.172. The van der Waals surface area contributed by atoms with Crippen LogP contribution in [0.3, 0.4) is 0 Å². The van der Waals surface area contributed by atoms with Crippen molar-refractivity contribution in [3.05, 3.63) is 0 Å². The normalized spacial score (nSPS) is 17.4. The minimum absolute atomic E-state index is 0.489. The summed E-state index contributed by atoms with van der Waals surface area (Å²) < 4.78 is 0. The summed E-state index contributed by atoms with van der Waals surface area (Å²) in [7, 11) is 0. The highest BCUT2D eigenvalue weighted by Gasteiger charge is 2.45. The standard InChI is InChI=1S/C12H21NO8/c1-11(2,5-14)7(15)8(16)13-4-6(9(17)18)12(3,21)10(19)20/h6-7,14-15,21H,4-5H2,1-3H3,(H,13,16)(H,17,18)(H,19,20)/t6?,7-,12?/m0/s1. The maximum atomic E-state index is 11.7. The van der Waals surface area contributed by atoms with Gasteiger partial charge in [0.15, 0.2) is 5.60 Å². The monoisotopic (exact) mass is 307 g/mol. The van der Waals surface area contributed by atoms with Crippen LogP contribution in [0.5, 0.6) is 0 Å². The van der Waals surface area contributed by atoms with Gasteiger partial charge in [0.25, 0.3) is 0 Å². The first-order chi connectivity index (χ1) is 9.37. The van der Waals surface area contributed by atoms with Crippen LogP contribution in [0.15, 0.2) is 0 Å². The Kier molecular flexibility index (Phi) is 6.28. The van der Waals surface area contributed by atoms with Crippen LogP contribution >= 0.6 is 0 Å². The Morgan fingerprint density at radius 1 is 1.14 bits per heavy atom. The summed E-state index contributed by atoms with van der Waals surface area (Å²) in [5.74, 6) is -6.14. The number of aliphatic hydroxyl groups excluding tert-OH is 2. The average Bonchev–Trinajstić information content (AvgIpc) is 2.36. The lowest BCUT2D eigenvalue weighted by Crippen LogP contribution is -2.53. The van der Waals surface area contributed by atoms with Crippen molar-refractivity contribution in [1.29, 1.82) is 0 Å². The summed E-state index contributed by atoms with van der Waals surface area (Å²) in [6, 6.07) is 0. The van der Waals surface area contributed by atoms with E-state index in [2.05, 4.69) is 5.32 Å². The molecule has 0 aromatic rings. The van der Waals surface area contributed by atoms with Crippen LogP contribution in [0.2, 0.25) is 0 Å². The Hall–Kier alpha value is -1.71. The van der Waals surface area contributed by atoms with Crippen LogP contribution < -0.4 is 5.32 Å². The van der Waals surface area contributed by atoms with Crippen molar-refractivity contribution in [2.75, 3.05) is 13.2 Å². The van der Waals surface area contributed by atoms with Crippen LogP contribution in [0.25, 0.3) is 0 Å². The molecular weight excluding hydrogens is 286 g/mol. The summed E-state index contributed by atoms with van der Waals surface area (Å²) in [6.07, 6.45) is -1.62. The first-order valence-electron chi connectivity index (χ1n) is 6.13. The van der Waals surface area contributed by atoms with E-state index in [-0.39, 0.29) is 0 Å². The Labute approximate surface area is 121 Å². The fraction of sp³-hybridized carbons (Fsp3) is 0.750. The van der Waals surface area contributed by atoms with Crippen molar-refractivity contribution in [3.8, 4) is 0 Å². The number of nitrogens with one attached hydrogen (secondary N) is 1. The third-order valence-electron chi connectivity index (χ3n) is 3.29. The molecule has 0 aromatic heterocycles. The lowest BCUT2D eigenvalue weighted by atomic mass is 9.86. The molecule has 0 saturated carbocycles. The highest BCUT2D eigenvalue weighted by molar-refractivity contribution is 5.86. The van der Waals surface area contributed by atoms with E-state index in [1.807, 2.05) is 0 Å². The van der Waals surface area contributed by atoms with Crippen molar-refractivity contribution in [2.24, 2.45) is 11.3 Å². The zero-order valence-corrected chi connectivity index (χ0v) is 12.0. The van der Waals surface area contributed by atoms with Gasteiger partial charge in [-0.15, -0.1) is 0 Å². The lowest BCUT2D eigenvalue weighted by Gasteiger charge is -2.29. The molecule has 0 fully saturated rings. The zero-order chi connectivity index (χ0) is 17.0. The number of amides is 1. The highest BCUT2D eigenvalue weighted by atomic mass is 16.4. The second-order valence-corrected chi connectivity index (χ2v) is 5.64. The number of carboxylic acid groups (broad SMARTS) is 2. The number of hydrogen-bond acceptors (Lipinski definition) is 6. The third kappa shape index (κ3) is 4.66. The van der Waals surface area contributed by atoms with Crippen molar-refractivity contribution >= 4 is 17.8 Å². The Morgan fingerprint density at radius 3 is 1.95 bits per heavy atom. The van der Waals surface area contributed by atoms with Gasteiger partial charge < -0.3 is 30.8 Å². The molecule has 0 heterocycles. The number of carbonyl (C=O) groups excluding carboxylic acids is 1. The molecule has 3 atom stereocenters. The first kappa shape index (κ1) is 19.3. The van der Waals surface area contributed by atoms with Gasteiger partial charge >= 0.3 is 11.9 Å². The quantitative estimate of drug-likeness (QED) is 0.300. The molecule has 1 amide bonds. The topological polar surface area (TPSA) is 164 Å². The Bertz CT molecular complexity index is 417. The molecule has 9 nitrogen and oxygen atoms in total. The molecule has 0 saturated heterocycles. The van der Waals surface area contributed by atoms with Crippen LogP contribution in [0, 0.1) is 11.3 Å². The van der Waals surface area contributed by atoms with E-state index >= 15 is 0 Å². The molecule has 0 spiro atoms. The highest BCUT2D eigenvalue weighted by Crippen LogP contribution is 2.21. The van der Waals surface area contributed by atoms with Gasteiger partial charge in [-0.1, -0.05) is 13.8 Å². The van der Waals surface area contributed by atoms with Gasteiger partial charge in [-0.3, -0.25) is 9.59 Å². The van der Waals surface area contributed by atoms with Gasteiger partial charge in [-0.05, 0) is 6.92 Å². The summed E-state index contributed by atoms with van der Waals surface area (Å²) in [5.41, 5.74) is -3.74. The second kappa shape index (κ2) is 6.83. The number of carbonyl (C=O) groups is 3. The number of carboxylic acids is 2. The van der Waals surface area contributed by atoms with Crippen molar-refractivity contribution in [3.63, 3.8) is 0 Å². The van der Waals surface area contributed by atoms with E-state index < -0.39 is 54.0 Å². The molecule has 122 valence electrons. The molecule has 21 heavy (non-hydrogen) atoms. The van der Waals surface area contributed by atoms with Crippen molar-refractivity contribution < 1.29 is 39.9 Å². The molecule has 9 heteroatoms. The molecule has 0 rings (SSSR count). The van der Waals surface area contributed by atoms with Gasteiger partial charge in [0.1, 0.15) is 12.0 Å². The first-order valence-corrected chi connectivity index (χ1v) is 6.13. The molecule has 2 unspecified atom stereocenters. The van der Waals surface area contributed by atoms with Crippen LogP contribution in [0.4, 0.5) is 0 Å². The van der Waals surface area contributed by atoms with E-state index in [1.54, 1.807) is 0 Å².